The van der Waals surface area contributed by atoms with Crippen molar-refractivity contribution in [3.63, 3.8) is 0 Å². The molecular weight excluding hydrogens is 293 g/mol. The first-order valence-electron chi connectivity index (χ1n) is 8.33. The Hall–Kier alpha value is -1.62. The van der Waals surface area contributed by atoms with Crippen LogP contribution in [0.5, 0.6) is 0 Å². The lowest BCUT2D eigenvalue weighted by Gasteiger charge is -2.41. The molecule has 0 spiro atoms. The van der Waals surface area contributed by atoms with Crippen molar-refractivity contribution in [3.8, 4) is 0 Å². The minimum absolute atomic E-state index is 0.229. The molecule has 1 aliphatic rings. The van der Waals surface area contributed by atoms with E-state index >= 15 is 0 Å². The molecule has 0 amide bonds. The maximum atomic E-state index is 13.6. The minimum Gasteiger partial charge on any atom is -0.380 e. The molecule has 0 aromatic heterocycles. The van der Waals surface area contributed by atoms with E-state index in [0.717, 1.165) is 18.1 Å². The van der Waals surface area contributed by atoms with E-state index in [0.29, 0.717) is 17.5 Å². The number of methoxy groups -OCH3 is 1. The zero-order valence-corrected chi connectivity index (χ0v) is 14.4. The van der Waals surface area contributed by atoms with Crippen molar-refractivity contribution in [2.24, 2.45) is 10.4 Å². The fourth-order valence-corrected chi connectivity index (χ4v) is 3.01. The van der Waals surface area contributed by atoms with Crippen LogP contribution < -0.4 is 10.6 Å². The molecule has 0 bridgehead atoms. The minimum atomic E-state index is -0.229. The van der Waals surface area contributed by atoms with Gasteiger partial charge in [0.2, 0.25) is 0 Å². The fourth-order valence-electron chi connectivity index (χ4n) is 3.01. The van der Waals surface area contributed by atoms with Crippen LogP contribution in [0.15, 0.2) is 23.2 Å². The van der Waals surface area contributed by atoms with Gasteiger partial charge in [-0.2, -0.15) is 0 Å². The molecule has 1 aromatic carbocycles. The molecule has 2 rings (SSSR count). The highest BCUT2D eigenvalue weighted by Crippen LogP contribution is 2.42. The quantitative estimate of drug-likeness (QED) is 0.599. The van der Waals surface area contributed by atoms with Crippen molar-refractivity contribution in [3.05, 3.63) is 35.1 Å². The highest BCUT2D eigenvalue weighted by atomic mass is 19.1. The fraction of sp³-hybridized carbons (Fsp3) is 0.611. The Morgan fingerprint density at radius 2 is 2.13 bits per heavy atom. The lowest BCUT2D eigenvalue weighted by Crippen LogP contribution is -2.46. The molecule has 0 atom stereocenters. The second kappa shape index (κ2) is 8.29. The number of benzene rings is 1. The van der Waals surface area contributed by atoms with E-state index in [1.54, 1.807) is 20.2 Å². The monoisotopic (exact) mass is 321 g/mol. The van der Waals surface area contributed by atoms with Gasteiger partial charge in [0.05, 0.1) is 6.61 Å². The van der Waals surface area contributed by atoms with Gasteiger partial charge in [-0.1, -0.05) is 19.4 Å². The molecule has 0 heterocycles. The van der Waals surface area contributed by atoms with Crippen LogP contribution in [0.2, 0.25) is 0 Å². The molecule has 1 fully saturated rings. The van der Waals surface area contributed by atoms with Crippen LogP contribution in [-0.2, 0) is 17.9 Å². The summed E-state index contributed by atoms with van der Waals surface area (Å²) < 4.78 is 18.6. The molecule has 23 heavy (non-hydrogen) atoms. The van der Waals surface area contributed by atoms with E-state index in [4.69, 9.17) is 4.74 Å². The first-order chi connectivity index (χ1) is 11.1. The lowest BCUT2D eigenvalue weighted by molar-refractivity contribution is 0.131. The third-order valence-corrected chi connectivity index (χ3v) is 4.89. The van der Waals surface area contributed by atoms with E-state index in [1.807, 2.05) is 6.07 Å². The average Bonchev–Trinajstić information content (AvgIpc) is 2.52. The average molecular weight is 321 g/mol. The van der Waals surface area contributed by atoms with Crippen LogP contribution in [0.1, 0.15) is 43.7 Å². The molecule has 1 aromatic rings. The zero-order valence-electron chi connectivity index (χ0n) is 14.4. The van der Waals surface area contributed by atoms with E-state index in [1.165, 1.54) is 31.7 Å². The maximum absolute atomic E-state index is 13.6. The summed E-state index contributed by atoms with van der Waals surface area (Å²) in [5.41, 5.74) is 2.03. The van der Waals surface area contributed by atoms with Gasteiger partial charge >= 0.3 is 0 Å². The second-order valence-electron chi connectivity index (χ2n) is 6.35. The molecule has 0 unspecified atom stereocenters. The number of guanidine groups is 1. The van der Waals surface area contributed by atoms with Gasteiger partial charge in [0.1, 0.15) is 5.82 Å². The van der Waals surface area contributed by atoms with Gasteiger partial charge in [-0.3, -0.25) is 4.99 Å². The van der Waals surface area contributed by atoms with Gasteiger partial charge in [-0.05, 0) is 42.4 Å². The summed E-state index contributed by atoms with van der Waals surface area (Å²) in [6.45, 7) is 4.11. The largest absolute Gasteiger partial charge is 0.380 e. The van der Waals surface area contributed by atoms with Gasteiger partial charge < -0.3 is 15.4 Å². The van der Waals surface area contributed by atoms with Crippen molar-refractivity contribution >= 4 is 5.96 Å². The Kier molecular flexibility index (Phi) is 6.39. The van der Waals surface area contributed by atoms with Gasteiger partial charge in [-0.15, -0.1) is 0 Å². The molecule has 0 saturated heterocycles. The molecule has 5 heteroatoms. The molecule has 0 radical (unpaired) electrons. The second-order valence-corrected chi connectivity index (χ2v) is 6.35. The normalized spacial score (nSPS) is 16.8. The Bertz CT molecular complexity index is 536. The molecule has 1 saturated carbocycles. The van der Waals surface area contributed by atoms with Crippen molar-refractivity contribution in [1.29, 1.82) is 0 Å². The zero-order chi connectivity index (χ0) is 16.7. The third kappa shape index (κ3) is 4.67. The number of hydrogen-bond acceptors (Lipinski definition) is 2. The number of hydrogen-bond donors (Lipinski definition) is 2. The summed E-state index contributed by atoms with van der Waals surface area (Å²) in [5.74, 6) is 0.565. The number of aliphatic imine (C=N–C) groups is 1. The van der Waals surface area contributed by atoms with Gasteiger partial charge in [-0.25, -0.2) is 4.39 Å². The molecule has 2 N–H and O–H groups in total. The van der Waals surface area contributed by atoms with Crippen LogP contribution in [0.4, 0.5) is 4.39 Å². The Morgan fingerprint density at radius 1 is 1.35 bits per heavy atom. The van der Waals surface area contributed by atoms with E-state index < -0.39 is 0 Å². The number of halogens is 1. The third-order valence-electron chi connectivity index (χ3n) is 4.89. The first kappa shape index (κ1) is 17.7. The molecular formula is C18H28FN3O. The van der Waals surface area contributed by atoms with E-state index in [9.17, 15) is 4.39 Å². The Balaban J connectivity index is 1.87. The van der Waals surface area contributed by atoms with Gasteiger partial charge in [0.25, 0.3) is 0 Å². The number of ether oxygens (including phenoxy) is 1. The van der Waals surface area contributed by atoms with Crippen LogP contribution in [0.3, 0.4) is 0 Å². The van der Waals surface area contributed by atoms with Crippen LogP contribution in [0, 0.1) is 11.2 Å². The predicted molar refractivity (Wildman–Crippen MR) is 91.9 cm³/mol. The van der Waals surface area contributed by atoms with Crippen molar-refractivity contribution in [2.45, 2.75) is 45.8 Å². The number of rotatable bonds is 7. The molecule has 1 aliphatic carbocycles. The number of nitrogens with zero attached hydrogens (tertiary/aromatic N) is 1. The van der Waals surface area contributed by atoms with Crippen LogP contribution in [0.25, 0.3) is 0 Å². The SMILES string of the molecule is CCC1(CNC(=NC)NCc2ccc(F)c(COC)c2)CCC1. The van der Waals surface area contributed by atoms with Crippen molar-refractivity contribution in [1.82, 2.24) is 10.6 Å². The first-order valence-corrected chi connectivity index (χ1v) is 8.33. The molecule has 0 aliphatic heterocycles. The van der Waals surface area contributed by atoms with E-state index in [2.05, 4.69) is 22.5 Å². The van der Waals surface area contributed by atoms with Crippen molar-refractivity contribution in [2.75, 3.05) is 20.7 Å². The predicted octanol–water partition coefficient (Wildman–Crippen LogP) is 3.22. The summed E-state index contributed by atoms with van der Waals surface area (Å²) in [4.78, 5) is 4.27. The molecule has 4 nitrogen and oxygen atoms in total. The Morgan fingerprint density at radius 3 is 2.70 bits per heavy atom. The topological polar surface area (TPSA) is 45.7 Å². The maximum Gasteiger partial charge on any atom is 0.191 e. The lowest BCUT2D eigenvalue weighted by atomic mass is 9.67. The van der Waals surface area contributed by atoms with Gasteiger partial charge in [0, 0.05) is 32.8 Å². The number of nitrogens with one attached hydrogen (secondary N) is 2. The highest BCUT2D eigenvalue weighted by molar-refractivity contribution is 5.79. The Labute approximate surface area is 138 Å². The van der Waals surface area contributed by atoms with E-state index in [-0.39, 0.29) is 12.4 Å². The smallest absolute Gasteiger partial charge is 0.191 e. The molecule has 128 valence electrons. The summed E-state index contributed by atoms with van der Waals surface area (Å²) >= 11 is 0. The standard InChI is InChI=1S/C18H28FN3O/c1-4-18(8-5-9-18)13-22-17(20-2)21-11-14-6-7-16(19)15(10-14)12-23-3/h6-7,10H,4-5,8-9,11-13H2,1-3H3,(H2,20,21,22). The van der Waals surface area contributed by atoms with Gasteiger partial charge in [0.15, 0.2) is 5.96 Å². The summed E-state index contributed by atoms with van der Waals surface area (Å²) in [6.07, 6.45) is 5.13. The highest BCUT2D eigenvalue weighted by Gasteiger charge is 2.34. The summed E-state index contributed by atoms with van der Waals surface area (Å²) in [5, 5.41) is 6.72. The van der Waals surface area contributed by atoms with Crippen LogP contribution >= 0.6 is 0 Å². The summed E-state index contributed by atoms with van der Waals surface area (Å²) in [7, 11) is 3.34. The van der Waals surface area contributed by atoms with Crippen LogP contribution in [-0.4, -0.2) is 26.7 Å². The summed E-state index contributed by atoms with van der Waals surface area (Å²) in [6, 6.07) is 5.11. The van der Waals surface area contributed by atoms with Crippen molar-refractivity contribution < 1.29 is 9.13 Å².